The van der Waals surface area contributed by atoms with Crippen LogP contribution in [0, 0.1) is 5.82 Å². The predicted molar refractivity (Wildman–Crippen MR) is 50.0 cm³/mol. The first-order valence-electron chi connectivity index (χ1n) is 4.40. The monoisotopic (exact) mass is 209 g/mol. The van der Waals surface area contributed by atoms with Crippen molar-refractivity contribution in [3.63, 3.8) is 0 Å². The lowest BCUT2D eigenvalue weighted by atomic mass is 9.97. The summed E-state index contributed by atoms with van der Waals surface area (Å²) in [5, 5.41) is 11.0. The third-order valence-corrected chi connectivity index (χ3v) is 2.36. The molecule has 2 rings (SSSR count). The van der Waals surface area contributed by atoms with E-state index in [-0.39, 0.29) is 12.1 Å². The molecule has 1 heterocycles. The summed E-state index contributed by atoms with van der Waals surface area (Å²) in [5.41, 5.74) is 0.524. The maximum atomic E-state index is 13.2. The fourth-order valence-electron chi connectivity index (χ4n) is 1.69. The van der Waals surface area contributed by atoms with Gasteiger partial charge >= 0.3 is 5.97 Å². The number of carboxylic acids is 1. The van der Waals surface area contributed by atoms with E-state index < -0.39 is 23.6 Å². The van der Waals surface area contributed by atoms with Gasteiger partial charge in [-0.15, -0.1) is 0 Å². The molecule has 0 fully saturated rings. The molecule has 1 aromatic rings. The van der Waals surface area contributed by atoms with E-state index in [9.17, 15) is 14.0 Å². The zero-order valence-electron chi connectivity index (χ0n) is 7.66. The number of nitrogens with one attached hydrogen (secondary N) is 1. The summed E-state index contributed by atoms with van der Waals surface area (Å²) in [4.78, 5) is 21.9. The molecule has 1 amide bonds. The van der Waals surface area contributed by atoms with Gasteiger partial charge in [-0.3, -0.25) is 9.59 Å². The Hall–Kier alpha value is -1.91. The van der Waals surface area contributed by atoms with Gasteiger partial charge in [0.05, 0.1) is 18.0 Å². The van der Waals surface area contributed by atoms with Crippen molar-refractivity contribution in [2.75, 3.05) is 5.32 Å². The van der Waals surface area contributed by atoms with Crippen LogP contribution in [0.15, 0.2) is 18.2 Å². The number of carbonyl (C=O) groups is 2. The van der Waals surface area contributed by atoms with Crippen LogP contribution in [0.25, 0.3) is 0 Å². The van der Waals surface area contributed by atoms with E-state index in [0.717, 1.165) is 0 Å². The van der Waals surface area contributed by atoms with Crippen molar-refractivity contribution in [2.24, 2.45) is 0 Å². The quantitative estimate of drug-likeness (QED) is 0.772. The first-order chi connectivity index (χ1) is 7.09. The fraction of sp³-hybridized carbons (Fsp3) is 0.200. The van der Waals surface area contributed by atoms with Crippen LogP contribution in [0.4, 0.5) is 10.1 Å². The average molecular weight is 209 g/mol. The Labute approximate surface area is 84.7 Å². The lowest BCUT2D eigenvalue weighted by molar-refractivity contribution is -0.138. The minimum absolute atomic E-state index is 0.105. The van der Waals surface area contributed by atoms with Crippen LogP contribution in [-0.4, -0.2) is 17.0 Å². The number of hydrogen-bond donors (Lipinski definition) is 2. The number of hydrogen-bond acceptors (Lipinski definition) is 2. The summed E-state index contributed by atoms with van der Waals surface area (Å²) < 4.78 is 13.2. The highest BCUT2D eigenvalue weighted by atomic mass is 19.1. The van der Waals surface area contributed by atoms with E-state index in [1.807, 2.05) is 0 Å². The molecule has 0 unspecified atom stereocenters. The van der Waals surface area contributed by atoms with E-state index in [2.05, 4.69) is 5.32 Å². The lowest BCUT2D eigenvalue weighted by Crippen LogP contribution is -2.15. The van der Waals surface area contributed by atoms with Crippen molar-refractivity contribution in [1.82, 2.24) is 0 Å². The Bertz CT molecular complexity index is 444. The molecular formula is C10H8FNO3. The zero-order valence-corrected chi connectivity index (χ0v) is 7.66. The third kappa shape index (κ3) is 1.56. The van der Waals surface area contributed by atoms with Crippen molar-refractivity contribution in [2.45, 2.75) is 12.3 Å². The second-order valence-corrected chi connectivity index (χ2v) is 3.34. The molecule has 1 aliphatic rings. The van der Waals surface area contributed by atoms with Crippen molar-refractivity contribution < 1.29 is 19.1 Å². The first kappa shape index (κ1) is 9.64. The molecule has 2 N–H and O–H groups in total. The number of rotatable bonds is 2. The Kier molecular flexibility index (Phi) is 2.15. The lowest BCUT2D eigenvalue weighted by Gasteiger charge is -2.04. The highest BCUT2D eigenvalue weighted by Crippen LogP contribution is 2.36. The molecule has 0 aliphatic carbocycles. The first-order valence-corrected chi connectivity index (χ1v) is 4.40. The van der Waals surface area contributed by atoms with Gasteiger partial charge < -0.3 is 10.4 Å². The molecule has 78 valence electrons. The SMILES string of the molecule is O=C(O)C[C@@H]1C(=O)Nc2c(F)cccc21. The van der Waals surface area contributed by atoms with Gasteiger partial charge in [-0.05, 0) is 11.6 Å². The van der Waals surface area contributed by atoms with E-state index in [0.29, 0.717) is 5.56 Å². The third-order valence-electron chi connectivity index (χ3n) is 2.36. The van der Waals surface area contributed by atoms with Crippen molar-refractivity contribution in [3.05, 3.63) is 29.6 Å². The molecule has 1 aliphatic heterocycles. The number of amides is 1. The summed E-state index contributed by atoms with van der Waals surface area (Å²) in [6, 6.07) is 4.25. The Morgan fingerprint density at radius 2 is 2.27 bits per heavy atom. The molecule has 1 atom stereocenters. The number of benzene rings is 1. The minimum atomic E-state index is -1.08. The second kappa shape index (κ2) is 3.34. The van der Waals surface area contributed by atoms with Crippen LogP contribution in [0.1, 0.15) is 17.9 Å². The van der Waals surface area contributed by atoms with Gasteiger partial charge in [0.15, 0.2) is 0 Å². The maximum Gasteiger partial charge on any atom is 0.304 e. The summed E-state index contributed by atoms with van der Waals surface area (Å²) in [6.45, 7) is 0. The molecule has 5 heteroatoms. The Morgan fingerprint density at radius 3 is 2.93 bits per heavy atom. The van der Waals surface area contributed by atoms with Gasteiger partial charge in [0.1, 0.15) is 5.82 Å². The number of carboxylic acid groups (broad SMARTS) is 1. The molecule has 0 radical (unpaired) electrons. The molecule has 0 saturated heterocycles. The Morgan fingerprint density at radius 1 is 1.53 bits per heavy atom. The van der Waals surface area contributed by atoms with Crippen LogP contribution in [0.3, 0.4) is 0 Å². The summed E-state index contributed by atoms with van der Waals surface area (Å²) in [5.74, 6) is -2.85. The second-order valence-electron chi connectivity index (χ2n) is 3.34. The number of aliphatic carboxylic acids is 1. The molecule has 0 saturated carbocycles. The van der Waals surface area contributed by atoms with Gasteiger partial charge in [0.2, 0.25) is 5.91 Å². The van der Waals surface area contributed by atoms with E-state index in [1.165, 1.54) is 12.1 Å². The molecule has 0 bridgehead atoms. The van der Waals surface area contributed by atoms with Crippen LogP contribution >= 0.6 is 0 Å². The number of para-hydroxylation sites is 1. The molecule has 4 nitrogen and oxygen atoms in total. The number of fused-ring (bicyclic) bond motifs is 1. The van der Waals surface area contributed by atoms with Gasteiger partial charge in [-0.2, -0.15) is 0 Å². The van der Waals surface area contributed by atoms with Crippen LogP contribution in [0.5, 0.6) is 0 Å². The fourth-order valence-corrected chi connectivity index (χ4v) is 1.69. The largest absolute Gasteiger partial charge is 0.481 e. The number of carbonyl (C=O) groups excluding carboxylic acids is 1. The predicted octanol–water partition coefficient (Wildman–Crippen LogP) is 1.34. The normalized spacial score (nSPS) is 18.5. The number of halogens is 1. The minimum Gasteiger partial charge on any atom is -0.481 e. The molecule has 1 aromatic carbocycles. The van der Waals surface area contributed by atoms with Gasteiger partial charge in [0, 0.05) is 0 Å². The average Bonchev–Trinajstić information content (AvgIpc) is 2.45. The molecule has 0 aromatic heterocycles. The van der Waals surface area contributed by atoms with Crippen molar-refractivity contribution in [3.8, 4) is 0 Å². The number of anilines is 1. The highest BCUT2D eigenvalue weighted by Gasteiger charge is 2.33. The maximum absolute atomic E-state index is 13.2. The van der Waals surface area contributed by atoms with E-state index in [4.69, 9.17) is 5.11 Å². The van der Waals surface area contributed by atoms with Gasteiger partial charge in [-0.1, -0.05) is 12.1 Å². The standard InChI is InChI=1S/C10H8FNO3/c11-7-3-1-2-5-6(4-8(13)14)10(15)12-9(5)7/h1-3,6H,4H2,(H,12,15)(H,13,14)/t6-/m0/s1. The van der Waals surface area contributed by atoms with Crippen molar-refractivity contribution in [1.29, 1.82) is 0 Å². The van der Waals surface area contributed by atoms with E-state index >= 15 is 0 Å². The van der Waals surface area contributed by atoms with Crippen LogP contribution in [0.2, 0.25) is 0 Å². The smallest absolute Gasteiger partial charge is 0.304 e. The van der Waals surface area contributed by atoms with Crippen LogP contribution < -0.4 is 5.32 Å². The van der Waals surface area contributed by atoms with Gasteiger partial charge in [-0.25, -0.2) is 4.39 Å². The zero-order chi connectivity index (χ0) is 11.0. The van der Waals surface area contributed by atoms with Crippen LogP contribution in [-0.2, 0) is 9.59 Å². The molecular weight excluding hydrogens is 201 g/mol. The van der Waals surface area contributed by atoms with Gasteiger partial charge in [0.25, 0.3) is 0 Å². The molecule has 0 spiro atoms. The Balaban J connectivity index is 2.41. The summed E-state index contributed by atoms with van der Waals surface area (Å²) in [6.07, 6.45) is -0.317. The summed E-state index contributed by atoms with van der Waals surface area (Å²) in [7, 11) is 0. The van der Waals surface area contributed by atoms with E-state index in [1.54, 1.807) is 6.07 Å². The topological polar surface area (TPSA) is 66.4 Å². The highest BCUT2D eigenvalue weighted by molar-refractivity contribution is 6.04. The molecule has 15 heavy (non-hydrogen) atoms. The van der Waals surface area contributed by atoms with Crippen molar-refractivity contribution >= 4 is 17.6 Å². The summed E-state index contributed by atoms with van der Waals surface area (Å²) >= 11 is 0.